The third kappa shape index (κ3) is 23.9. The minimum Gasteiger partial charge on any atom is -0.505 e. The SMILES string of the molecule is CCN(CC)C(=O)CCSC1c2c(c(O)c3ncccc3c2OC)C(=O)N1Cc1ccc(F)cc1.CCNCC.CCOP(=O)(CN)OCC.CCOP(=O)(CNC(=O)CCSC1c2c(c(O)c3ncccc3c2OC)C(=O)N1Cc1ccc(F)cc1)OCC.COc1c2c(c(O)c3ncccc13)C(=O)N(Cc1ccc(F)cc1)C2SCCC(=O)O. The predicted molar refractivity (Wildman–Crippen MR) is 462 cm³/mol. The van der Waals surface area contributed by atoms with E-state index in [9.17, 15) is 66.4 Å². The van der Waals surface area contributed by atoms with E-state index >= 15 is 0 Å². The summed E-state index contributed by atoms with van der Waals surface area (Å²) in [7, 11) is -1.88. The van der Waals surface area contributed by atoms with E-state index in [1.807, 2.05) is 13.8 Å². The molecule has 5 amide bonds. The number of aliphatic carboxylic acids is 1. The fraction of sp³-hybridized carbons (Fsp3) is 0.393. The second kappa shape index (κ2) is 46.5. The zero-order chi connectivity index (χ0) is 88.3. The molecule has 652 valence electrons. The average Bonchev–Trinajstić information content (AvgIpc) is 1.59. The number of halogens is 3. The van der Waals surface area contributed by atoms with Crippen molar-refractivity contribution in [2.24, 2.45) is 5.73 Å². The quantitative estimate of drug-likeness (QED) is 0.0179. The highest BCUT2D eigenvalue weighted by atomic mass is 32.2. The van der Waals surface area contributed by atoms with E-state index in [0.29, 0.717) is 105 Å². The van der Waals surface area contributed by atoms with Gasteiger partial charge in [-0.15, -0.1) is 35.3 Å². The molecule has 29 nitrogen and oxygen atoms in total. The number of phenols is 3. The zero-order valence-corrected chi connectivity index (χ0v) is 73.4. The van der Waals surface area contributed by atoms with E-state index in [4.69, 9.17) is 43.1 Å². The Morgan fingerprint density at radius 3 is 1.08 bits per heavy atom. The molecule has 6 heterocycles. The summed E-state index contributed by atoms with van der Waals surface area (Å²) >= 11 is 4.04. The van der Waals surface area contributed by atoms with Crippen molar-refractivity contribution in [1.82, 2.24) is 45.2 Å². The Balaban J connectivity index is 0.000000209. The maximum atomic E-state index is 13.7. The number of nitrogens with one attached hydrogen (secondary N) is 2. The molecule has 0 fully saturated rings. The van der Waals surface area contributed by atoms with Crippen LogP contribution in [0.4, 0.5) is 13.2 Å². The van der Waals surface area contributed by atoms with Crippen molar-refractivity contribution in [3.63, 3.8) is 0 Å². The van der Waals surface area contributed by atoms with Crippen LogP contribution in [0.25, 0.3) is 32.7 Å². The minimum absolute atomic E-state index is 0.0469. The number of amides is 5. The molecule has 3 aliphatic rings. The smallest absolute Gasteiger partial charge is 0.349 e. The standard InChI is InChI=1S/C27H31FN3O7PS.C26H28FN3O4S.C22H19FN2O5S.C5H14NO3P.C4H11N/c1-4-37-39(35,38-5-2)16-30-20(32)12-14-40-27-22-21(24(33)23-19(25(22)36-3)7-6-13-29-23)26(34)31(27)15-17-8-10-18(28)11-9-17;1-4-29(5-2)19(31)12-14-35-26-21-20(23(32)22-18(24(21)34-3)7-6-13-28-22)25(33)30(26)15-16-8-10-17(27)11-9-16;1-30-20-14-3-2-9-24-18(14)19(28)16-17(20)22(31-10-8-15(26)27)25(21(16)29)11-12-4-6-13(23)7-5-12;1-3-8-10(7,5-6)9-4-2;1-3-5-4-2/h6-11,13,27,33H,4-5,12,14-16H2,1-3H3,(H,30,32);6-11,13,26,32H,4-5,12,14-15H2,1-3H3;2-7,9,22,28H,8,10-11H2,1H3,(H,26,27);3-6H2,1-2H3;5H,3-4H2,1-2H3. The summed E-state index contributed by atoms with van der Waals surface area (Å²) in [6.45, 7) is 20.0. The lowest BCUT2D eigenvalue weighted by Crippen LogP contribution is -2.31. The van der Waals surface area contributed by atoms with Gasteiger partial charge in [-0.05, 0) is 144 Å². The molecule has 3 unspecified atom stereocenters. The average molecular weight is 1770 g/mol. The van der Waals surface area contributed by atoms with Gasteiger partial charge in [-0.1, -0.05) is 50.2 Å². The van der Waals surface area contributed by atoms with E-state index in [2.05, 4.69) is 39.4 Å². The Morgan fingerprint density at radius 2 is 0.802 bits per heavy atom. The molecule has 8 N–H and O–H groups in total. The van der Waals surface area contributed by atoms with Crippen molar-refractivity contribution in [3.05, 3.63) is 195 Å². The highest BCUT2D eigenvalue weighted by Crippen LogP contribution is 2.57. The molecule has 3 atom stereocenters. The van der Waals surface area contributed by atoms with Gasteiger partial charge in [0, 0.05) is 114 Å². The first-order chi connectivity index (χ1) is 58.1. The molecule has 6 aromatic carbocycles. The van der Waals surface area contributed by atoms with Gasteiger partial charge in [0.25, 0.3) is 17.7 Å². The Labute approximate surface area is 713 Å². The maximum absolute atomic E-state index is 13.7. The number of aromatic nitrogens is 3. The number of nitrogens with two attached hydrogens (primary N) is 1. The van der Waals surface area contributed by atoms with Crippen molar-refractivity contribution >= 4 is 119 Å². The van der Waals surface area contributed by atoms with Crippen LogP contribution in [-0.4, -0.2) is 194 Å². The summed E-state index contributed by atoms with van der Waals surface area (Å²) in [6.07, 6.45) is 4.58. The molecular formula is C84H103F3N10O19P2S3. The summed E-state index contributed by atoms with van der Waals surface area (Å²) < 4.78 is 101. The van der Waals surface area contributed by atoms with Gasteiger partial charge in [0.05, 0.1) is 77.2 Å². The number of nitrogens with zero attached hydrogens (tertiary/aromatic N) is 7. The number of carbonyl (C=O) groups excluding carboxylic acids is 5. The lowest BCUT2D eigenvalue weighted by Gasteiger charge is -2.26. The number of aromatic hydroxyl groups is 3. The van der Waals surface area contributed by atoms with Crippen molar-refractivity contribution in [1.29, 1.82) is 0 Å². The number of carboxylic acid groups (broad SMARTS) is 1. The van der Waals surface area contributed by atoms with Crippen LogP contribution >= 0.6 is 50.5 Å². The second-order valence-electron chi connectivity index (χ2n) is 26.6. The molecule has 0 spiro atoms. The van der Waals surface area contributed by atoms with Crippen LogP contribution in [0.2, 0.25) is 0 Å². The van der Waals surface area contributed by atoms with E-state index in [0.717, 1.165) is 18.7 Å². The highest BCUT2D eigenvalue weighted by Gasteiger charge is 2.47. The van der Waals surface area contributed by atoms with Gasteiger partial charge >= 0.3 is 21.2 Å². The predicted octanol–water partition coefficient (Wildman–Crippen LogP) is 15.7. The van der Waals surface area contributed by atoms with Crippen molar-refractivity contribution < 1.29 is 104 Å². The van der Waals surface area contributed by atoms with E-state index in [1.54, 1.807) is 121 Å². The lowest BCUT2D eigenvalue weighted by molar-refractivity contribution is -0.136. The number of hydrogen-bond donors (Lipinski definition) is 7. The number of ether oxygens (including phenoxy) is 3. The second-order valence-corrected chi connectivity index (χ2v) is 34.3. The monoisotopic (exact) mass is 1770 g/mol. The van der Waals surface area contributed by atoms with Crippen LogP contribution in [0.15, 0.2) is 128 Å². The molecule has 3 aliphatic heterocycles. The highest BCUT2D eigenvalue weighted by molar-refractivity contribution is 8.00. The maximum Gasteiger partial charge on any atom is 0.349 e. The van der Waals surface area contributed by atoms with Gasteiger partial charge in [-0.25, -0.2) is 13.2 Å². The summed E-state index contributed by atoms with van der Waals surface area (Å²) in [5.74, 6) is -1.97. The van der Waals surface area contributed by atoms with Crippen molar-refractivity contribution in [2.45, 2.75) is 110 Å². The fourth-order valence-corrected chi connectivity index (χ4v) is 19.8. The summed E-state index contributed by atoms with van der Waals surface area (Å²) in [4.78, 5) is 96.1. The normalized spacial score (nSPS) is 14.5. The van der Waals surface area contributed by atoms with E-state index < -0.39 is 54.9 Å². The van der Waals surface area contributed by atoms with Crippen LogP contribution in [0.5, 0.6) is 34.5 Å². The first-order valence-corrected chi connectivity index (χ1v) is 45.7. The number of phenolic OH excluding ortho intramolecular Hbond substituents is 3. The Bertz CT molecular complexity index is 5150. The molecule has 37 heteroatoms. The molecule has 3 aromatic heterocycles. The minimum atomic E-state index is -3.44. The summed E-state index contributed by atoms with van der Waals surface area (Å²) in [5.41, 5.74) is 9.97. The molecule has 0 radical (unpaired) electrons. The largest absolute Gasteiger partial charge is 0.505 e. The Kier molecular flexibility index (Phi) is 37.1. The lowest BCUT2D eigenvalue weighted by atomic mass is 10.0. The molecule has 0 aliphatic carbocycles. The van der Waals surface area contributed by atoms with Gasteiger partial charge in [0.15, 0.2) is 17.2 Å². The zero-order valence-electron chi connectivity index (χ0n) is 69.2. The molecule has 0 saturated heterocycles. The van der Waals surface area contributed by atoms with Crippen LogP contribution in [0.1, 0.15) is 155 Å². The molecule has 12 rings (SSSR count). The van der Waals surface area contributed by atoms with Crippen LogP contribution in [-0.2, 0) is 61.2 Å². The number of benzene rings is 6. The molecule has 9 aromatic rings. The summed E-state index contributed by atoms with van der Waals surface area (Å²) in [6, 6.07) is 28.0. The third-order valence-electron chi connectivity index (χ3n) is 18.9. The van der Waals surface area contributed by atoms with Crippen molar-refractivity contribution in [3.8, 4) is 34.5 Å². The number of carbonyl (C=O) groups is 6. The number of carboxylic acids is 1. The molecular weight excluding hydrogens is 1670 g/mol. The first-order valence-electron chi connectivity index (χ1n) is 39.1. The number of fused-ring (bicyclic) bond motifs is 6. The van der Waals surface area contributed by atoms with Gasteiger partial charge in [0.2, 0.25) is 11.8 Å². The number of hydrogen-bond acceptors (Lipinski definition) is 26. The van der Waals surface area contributed by atoms with Gasteiger partial charge in [0.1, 0.15) is 73.7 Å². The van der Waals surface area contributed by atoms with Crippen LogP contribution in [0, 0.1) is 17.5 Å². The van der Waals surface area contributed by atoms with Gasteiger partial charge in [-0.3, -0.25) is 52.8 Å². The number of rotatable bonds is 36. The topological polar surface area (TPSA) is 384 Å². The number of thioether (sulfide) groups is 3. The van der Waals surface area contributed by atoms with Crippen LogP contribution in [0.3, 0.4) is 0 Å². The van der Waals surface area contributed by atoms with E-state index in [1.165, 1.54) is 110 Å². The van der Waals surface area contributed by atoms with Gasteiger partial charge in [-0.2, -0.15) is 0 Å². The molecule has 0 bridgehead atoms. The Morgan fingerprint density at radius 1 is 0.488 bits per heavy atom. The van der Waals surface area contributed by atoms with Crippen molar-refractivity contribution in [2.75, 3.05) is 104 Å². The third-order valence-corrected chi connectivity index (χ3v) is 26.2. The first kappa shape index (κ1) is 96.7. The van der Waals surface area contributed by atoms with Gasteiger partial charge < -0.3 is 88.7 Å². The van der Waals surface area contributed by atoms with E-state index in [-0.39, 0.29) is 144 Å². The number of pyridine rings is 3. The molecule has 121 heavy (non-hydrogen) atoms. The fourth-order valence-electron chi connectivity index (χ4n) is 13.5. The Hall–Kier alpha value is -9.77. The summed E-state index contributed by atoms with van der Waals surface area (Å²) in [5, 5.41) is 47.8. The molecule has 0 saturated carbocycles. The number of methoxy groups -OCH3 is 3. The van der Waals surface area contributed by atoms with Crippen LogP contribution < -0.4 is 30.6 Å².